The molecule has 0 radical (unpaired) electrons. The normalized spacial score (nSPS) is 14.6. The third-order valence-corrected chi connectivity index (χ3v) is 3.22. The van der Waals surface area contributed by atoms with Crippen LogP contribution < -0.4 is 15.4 Å². The Morgan fingerprint density at radius 2 is 1.83 bits per heavy atom. The summed E-state index contributed by atoms with van der Waals surface area (Å²) in [7, 11) is 0. The van der Waals surface area contributed by atoms with Crippen LogP contribution in [-0.2, 0) is 11.3 Å². The van der Waals surface area contributed by atoms with Crippen LogP contribution in [0.2, 0.25) is 0 Å². The van der Waals surface area contributed by atoms with Gasteiger partial charge >= 0.3 is 6.61 Å². The molecule has 0 saturated carbocycles. The van der Waals surface area contributed by atoms with Crippen molar-refractivity contribution in [2.45, 2.75) is 13.2 Å². The minimum atomic E-state index is -2.82. The van der Waals surface area contributed by atoms with E-state index in [0.29, 0.717) is 13.1 Å². The zero-order valence-corrected chi connectivity index (χ0v) is 14.1. The van der Waals surface area contributed by atoms with Gasteiger partial charge in [-0.25, -0.2) is 0 Å². The number of halogens is 4. The Morgan fingerprint density at radius 3 is 2.39 bits per heavy atom. The van der Waals surface area contributed by atoms with Crippen molar-refractivity contribution in [1.82, 2.24) is 15.5 Å². The van der Waals surface area contributed by atoms with Crippen molar-refractivity contribution in [1.29, 1.82) is 0 Å². The van der Waals surface area contributed by atoms with E-state index in [1.54, 1.807) is 12.1 Å². The number of hydrogen-bond acceptors (Lipinski definition) is 4. The van der Waals surface area contributed by atoms with Gasteiger partial charge in [-0.1, -0.05) is 12.1 Å². The molecular weight excluding hydrogens is 351 g/mol. The van der Waals surface area contributed by atoms with E-state index in [2.05, 4.69) is 20.3 Å². The fourth-order valence-corrected chi connectivity index (χ4v) is 2.12. The molecule has 0 aliphatic carbocycles. The van der Waals surface area contributed by atoms with Crippen LogP contribution in [0, 0.1) is 0 Å². The van der Waals surface area contributed by atoms with E-state index in [9.17, 15) is 13.6 Å². The zero-order chi connectivity index (χ0) is 15.1. The van der Waals surface area contributed by atoms with E-state index in [4.69, 9.17) is 0 Å². The molecule has 1 saturated heterocycles. The second-order valence-electron chi connectivity index (χ2n) is 4.83. The molecule has 1 aromatic carbocycles. The first kappa shape index (κ1) is 21.9. The number of nitrogens with one attached hydrogen (secondary N) is 2. The summed E-state index contributed by atoms with van der Waals surface area (Å²) in [5, 5.41) is 6.04. The predicted molar refractivity (Wildman–Crippen MR) is 88.7 cm³/mol. The first-order valence-electron chi connectivity index (χ1n) is 6.87. The van der Waals surface area contributed by atoms with Crippen LogP contribution in [0.3, 0.4) is 0 Å². The molecule has 0 unspecified atom stereocenters. The Hall–Kier alpha value is -1.15. The van der Waals surface area contributed by atoms with Crippen molar-refractivity contribution in [3.8, 4) is 5.75 Å². The molecule has 2 N–H and O–H groups in total. The SMILES string of the molecule is Cl.Cl.O=C(CN1CCNCC1)NCc1ccc(OC(F)F)cc1. The summed E-state index contributed by atoms with van der Waals surface area (Å²) in [5.74, 6) is 0.0747. The summed E-state index contributed by atoms with van der Waals surface area (Å²) < 4.78 is 28.3. The average Bonchev–Trinajstić information content (AvgIpc) is 2.47. The topological polar surface area (TPSA) is 53.6 Å². The molecule has 2 rings (SSSR count). The molecule has 9 heteroatoms. The molecular formula is C14H21Cl2F2N3O2. The van der Waals surface area contributed by atoms with Crippen LogP contribution in [0.5, 0.6) is 5.75 Å². The summed E-state index contributed by atoms with van der Waals surface area (Å²) in [6, 6.07) is 6.24. The number of carbonyl (C=O) groups is 1. The first-order chi connectivity index (χ1) is 10.1. The van der Waals surface area contributed by atoms with E-state index in [1.165, 1.54) is 12.1 Å². The lowest BCUT2D eigenvalue weighted by atomic mass is 10.2. The van der Waals surface area contributed by atoms with Gasteiger partial charge in [0.1, 0.15) is 5.75 Å². The summed E-state index contributed by atoms with van der Waals surface area (Å²) in [6.07, 6.45) is 0. The molecule has 5 nitrogen and oxygen atoms in total. The van der Waals surface area contributed by atoms with Crippen molar-refractivity contribution in [3.63, 3.8) is 0 Å². The van der Waals surface area contributed by atoms with Gasteiger partial charge in [-0.2, -0.15) is 8.78 Å². The van der Waals surface area contributed by atoms with Crippen LogP contribution in [0.4, 0.5) is 8.78 Å². The second-order valence-corrected chi connectivity index (χ2v) is 4.83. The summed E-state index contributed by atoms with van der Waals surface area (Å²) in [6.45, 7) is 1.47. The van der Waals surface area contributed by atoms with Crippen molar-refractivity contribution in [2.75, 3.05) is 32.7 Å². The number of alkyl halides is 2. The van der Waals surface area contributed by atoms with Gasteiger partial charge in [-0.3, -0.25) is 9.69 Å². The highest BCUT2D eigenvalue weighted by atomic mass is 35.5. The lowest BCUT2D eigenvalue weighted by molar-refractivity contribution is -0.122. The number of nitrogens with zero attached hydrogens (tertiary/aromatic N) is 1. The van der Waals surface area contributed by atoms with Gasteiger partial charge in [0.15, 0.2) is 0 Å². The first-order valence-corrected chi connectivity index (χ1v) is 6.87. The number of carbonyl (C=O) groups excluding carboxylic acids is 1. The maximum absolute atomic E-state index is 12.0. The molecule has 0 atom stereocenters. The third-order valence-electron chi connectivity index (χ3n) is 3.22. The zero-order valence-electron chi connectivity index (χ0n) is 12.5. The number of rotatable bonds is 6. The highest BCUT2D eigenvalue weighted by Gasteiger charge is 2.13. The Bertz CT molecular complexity index is 458. The minimum Gasteiger partial charge on any atom is -0.435 e. The molecule has 0 bridgehead atoms. The summed E-state index contributed by atoms with van der Waals surface area (Å²) in [4.78, 5) is 13.9. The number of hydrogen-bond donors (Lipinski definition) is 2. The Balaban J connectivity index is 0.00000242. The van der Waals surface area contributed by atoms with Crippen LogP contribution in [-0.4, -0.2) is 50.1 Å². The lowest BCUT2D eigenvalue weighted by Gasteiger charge is -2.26. The molecule has 0 spiro atoms. The van der Waals surface area contributed by atoms with Crippen LogP contribution in [0.25, 0.3) is 0 Å². The number of piperazine rings is 1. The molecule has 23 heavy (non-hydrogen) atoms. The van der Waals surface area contributed by atoms with Gasteiger partial charge in [0, 0.05) is 32.7 Å². The number of amides is 1. The van der Waals surface area contributed by atoms with Gasteiger partial charge in [0.05, 0.1) is 6.54 Å². The van der Waals surface area contributed by atoms with Gasteiger partial charge in [-0.05, 0) is 17.7 Å². The van der Waals surface area contributed by atoms with Crippen LogP contribution in [0.1, 0.15) is 5.56 Å². The maximum Gasteiger partial charge on any atom is 0.387 e. The summed E-state index contributed by atoms with van der Waals surface area (Å²) >= 11 is 0. The predicted octanol–water partition coefficient (Wildman–Crippen LogP) is 1.65. The molecule has 1 heterocycles. The standard InChI is InChI=1S/C14H19F2N3O2.2ClH/c15-14(16)21-12-3-1-11(2-4-12)9-18-13(20)10-19-7-5-17-6-8-19;;/h1-4,14,17H,5-10H2,(H,18,20);2*1H. The van der Waals surface area contributed by atoms with E-state index in [-0.39, 0.29) is 36.5 Å². The molecule has 132 valence electrons. The van der Waals surface area contributed by atoms with Crippen molar-refractivity contribution < 1.29 is 18.3 Å². The highest BCUT2D eigenvalue weighted by Crippen LogP contribution is 2.14. The van der Waals surface area contributed by atoms with Crippen molar-refractivity contribution in [2.24, 2.45) is 0 Å². The average molecular weight is 372 g/mol. The Kier molecular flexibility index (Phi) is 10.8. The Labute approximate surface area is 146 Å². The largest absolute Gasteiger partial charge is 0.435 e. The molecule has 0 aromatic heterocycles. The number of ether oxygens (including phenoxy) is 1. The van der Waals surface area contributed by atoms with E-state index in [1.807, 2.05) is 0 Å². The smallest absolute Gasteiger partial charge is 0.387 e. The maximum atomic E-state index is 12.0. The van der Waals surface area contributed by atoms with Crippen molar-refractivity contribution in [3.05, 3.63) is 29.8 Å². The third kappa shape index (κ3) is 8.31. The molecule has 1 aromatic rings. The fourth-order valence-electron chi connectivity index (χ4n) is 2.12. The summed E-state index contributed by atoms with van der Waals surface area (Å²) in [5.41, 5.74) is 0.838. The molecule has 1 fully saturated rings. The molecule has 1 amide bonds. The van der Waals surface area contributed by atoms with E-state index in [0.717, 1.165) is 31.7 Å². The van der Waals surface area contributed by atoms with Crippen LogP contribution >= 0.6 is 24.8 Å². The second kappa shape index (κ2) is 11.4. The van der Waals surface area contributed by atoms with Crippen LogP contribution in [0.15, 0.2) is 24.3 Å². The highest BCUT2D eigenvalue weighted by molar-refractivity contribution is 5.85. The van der Waals surface area contributed by atoms with E-state index >= 15 is 0 Å². The monoisotopic (exact) mass is 371 g/mol. The quantitative estimate of drug-likeness (QED) is 0.798. The van der Waals surface area contributed by atoms with Gasteiger partial charge < -0.3 is 15.4 Å². The minimum absolute atomic E-state index is 0. The Morgan fingerprint density at radius 1 is 1.22 bits per heavy atom. The van der Waals surface area contributed by atoms with Gasteiger partial charge in [0.2, 0.25) is 5.91 Å². The van der Waals surface area contributed by atoms with Gasteiger partial charge in [-0.15, -0.1) is 24.8 Å². The molecule has 1 aliphatic rings. The van der Waals surface area contributed by atoms with Gasteiger partial charge in [0.25, 0.3) is 0 Å². The number of benzene rings is 1. The van der Waals surface area contributed by atoms with E-state index < -0.39 is 6.61 Å². The lowest BCUT2D eigenvalue weighted by Crippen LogP contribution is -2.47. The fraction of sp³-hybridized carbons (Fsp3) is 0.500. The van der Waals surface area contributed by atoms with Crippen molar-refractivity contribution >= 4 is 30.7 Å². The molecule has 1 aliphatic heterocycles.